The standard InChI is InChI=1S/C24H38N4O5S/c1-24(2,3)33-23(30)28(20-8-6-7-9-21(20)34(5,31)32)18-22(29)27-16-14-26(15-17-27)19-10-12-25(4)13-11-19/h6-9,19H,10-18H2,1-5H3. The highest BCUT2D eigenvalue weighted by Gasteiger charge is 2.32. The first-order valence-electron chi connectivity index (χ1n) is 11.8. The van der Waals surface area contributed by atoms with Gasteiger partial charge in [-0.3, -0.25) is 14.6 Å². The summed E-state index contributed by atoms with van der Waals surface area (Å²) in [5.74, 6) is -0.225. The lowest BCUT2D eigenvalue weighted by Gasteiger charge is -2.42. The van der Waals surface area contributed by atoms with E-state index < -0.39 is 21.5 Å². The average molecular weight is 495 g/mol. The number of amides is 2. The van der Waals surface area contributed by atoms with Gasteiger partial charge in [0.05, 0.1) is 10.6 Å². The number of carbonyl (C=O) groups is 2. The fraction of sp³-hybridized carbons (Fsp3) is 0.667. The number of carbonyl (C=O) groups excluding carboxylic acids is 2. The highest BCUT2D eigenvalue weighted by molar-refractivity contribution is 7.90. The van der Waals surface area contributed by atoms with Gasteiger partial charge in [-0.05, 0) is 65.9 Å². The molecule has 2 aliphatic rings. The Bertz CT molecular complexity index is 975. The molecule has 1 aromatic carbocycles. The van der Waals surface area contributed by atoms with E-state index in [1.54, 1.807) is 37.8 Å². The van der Waals surface area contributed by atoms with Crippen molar-refractivity contribution in [2.45, 2.75) is 50.2 Å². The molecule has 0 N–H and O–H groups in total. The van der Waals surface area contributed by atoms with Gasteiger partial charge in [-0.1, -0.05) is 12.1 Å². The maximum atomic E-state index is 13.2. The minimum Gasteiger partial charge on any atom is -0.443 e. The SMILES string of the molecule is CN1CCC(N2CCN(C(=O)CN(C(=O)OC(C)(C)C)c3ccccc3S(C)(=O)=O)CC2)CC1. The predicted octanol–water partition coefficient (Wildman–Crippen LogP) is 2.07. The van der Waals surface area contributed by atoms with Crippen LogP contribution in [0.5, 0.6) is 0 Å². The second kappa shape index (κ2) is 10.6. The van der Waals surface area contributed by atoms with Gasteiger partial charge >= 0.3 is 6.09 Å². The summed E-state index contributed by atoms with van der Waals surface area (Å²) in [6.45, 7) is 9.86. The Hall–Kier alpha value is -2.17. The van der Waals surface area contributed by atoms with E-state index in [1.807, 2.05) is 0 Å². The van der Waals surface area contributed by atoms with Crippen molar-refractivity contribution in [2.75, 3.05) is 64.0 Å². The maximum Gasteiger partial charge on any atom is 0.415 e. The van der Waals surface area contributed by atoms with Gasteiger partial charge in [0.25, 0.3) is 0 Å². The van der Waals surface area contributed by atoms with Crippen LogP contribution in [0.25, 0.3) is 0 Å². The van der Waals surface area contributed by atoms with Crippen LogP contribution in [0.2, 0.25) is 0 Å². The van der Waals surface area contributed by atoms with E-state index in [1.165, 1.54) is 12.1 Å². The summed E-state index contributed by atoms with van der Waals surface area (Å²) in [7, 11) is -1.48. The smallest absolute Gasteiger partial charge is 0.415 e. The fourth-order valence-corrected chi connectivity index (χ4v) is 5.37. The number of piperazine rings is 1. The van der Waals surface area contributed by atoms with Gasteiger partial charge < -0.3 is 14.5 Å². The molecule has 2 aliphatic heterocycles. The van der Waals surface area contributed by atoms with Crippen molar-refractivity contribution < 1.29 is 22.7 Å². The molecule has 0 radical (unpaired) electrons. The lowest BCUT2D eigenvalue weighted by molar-refractivity contribution is -0.132. The van der Waals surface area contributed by atoms with Gasteiger partial charge in [-0.25, -0.2) is 13.2 Å². The van der Waals surface area contributed by atoms with E-state index in [0.29, 0.717) is 19.1 Å². The number of anilines is 1. The molecule has 0 atom stereocenters. The van der Waals surface area contributed by atoms with Crippen LogP contribution in [0.4, 0.5) is 10.5 Å². The Morgan fingerprint density at radius 2 is 1.62 bits per heavy atom. The summed E-state index contributed by atoms with van der Waals surface area (Å²) in [4.78, 5) is 34.0. The first-order chi connectivity index (χ1) is 15.8. The lowest BCUT2D eigenvalue weighted by Crippen LogP contribution is -2.55. The van der Waals surface area contributed by atoms with E-state index in [4.69, 9.17) is 4.74 Å². The molecule has 1 aromatic rings. The average Bonchev–Trinajstić information content (AvgIpc) is 2.76. The Labute approximate surface area is 203 Å². The van der Waals surface area contributed by atoms with Crippen molar-refractivity contribution >= 4 is 27.5 Å². The Morgan fingerprint density at radius 3 is 2.18 bits per heavy atom. The van der Waals surface area contributed by atoms with E-state index in [0.717, 1.165) is 50.2 Å². The van der Waals surface area contributed by atoms with Crippen LogP contribution < -0.4 is 4.90 Å². The van der Waals surface area contributed by atoms with Crippen LogP contribution in [0, 0.1) is 0 Å². The summed E-state index contributed by atoms with van der Waals surface area (Å²) >= 11 is 0. The van der Waals surface area contributed by atoms with E-state index in [9.17, 15) is 18.0 Å². The minimum absolute atomic E-state index is 0.0132. The highest BCUT2D eigenvalue weighted by atomic mass is 32.2. The number of hydrogen-bond acceptors (Lipinski definition) is 7. The number of para-hydroxylation sites is 1. The van der Waals surface area contributed by atoms with Crippen LogP contribution >= 0.6 is 0 Å². The summed E-state index contributed by atoms with van der Waals surface area (Å²) < 4.78 is 30.3. The van der Waals surface area contributed by atoms with Gasteiger partial charge in [0.1, 0.15) is 12.1 Å². The third-order valence-corrected chi connectivity index (χ3v) is 7.48. The van der Waals surface area contributed by atoms with E-state index in [-0.39, 0.29) is 23.0 Å². The molecule has 2 saturated heterocycles. The van der Waals surface area contributed by atoms with Crippen molar-refractivity contribution in [1.82, 2.24) is 14.7 Å². The van der Waals surface area contributed by atoms with E-state index >= 15 is 0 Å². The first kappa shape index (κ1) is 26.4. The molecular weight excluding hydrogens is 456 g/mol. The number of sulfone groups is 1. The summed E-state index contributed by atoms with van der Waals surface area (Å²) in [6, 6.07) is 6.76. The normalized spacial score (nSPS) is 19.1. The molecule has 0 aromatic heterocycles. The predicted molar refractivity (Wildman–Crippen MR) is 132 cm³/mol. The monoisotopic (exact) mass is 494 g/mol. The molecule has 0 unspecified atom stereocenters. The zero-order chi connectivity index (χ0) is 25.1. The molecule has 0 aliphatic carbocycles. The third kappa shape index (κ3) is 6.93. The van der Waals surface area contributed by atoms with Crippen LogP contribution in [0.1, 0.15) is 33.6 Å². The molecule has 10 heteroatoms. The first-order valence-corrected chi connectivity index (χ1v) is 13.7. The number of rotatable bonds is 5. The molecule has 0 bridgehead atoms. The molecule has 2 amide bonds. The van der Waals surface area contributed by atoms with Crippen molar-refractivity contribution in [3.05, 3.63) is 24.3 Å². The number of hydrogen-bond donors (Lipinski definition) is 0. The second-order valence-electron chi connectivity index (χ2n) is 10.3. The Balaban J connectivity index is 1.73. The molecular formula is C24H38N4O5S. The Morgan fingerprint density at radius 1 is 1.03 bits per heavy atom. The summed E-state index contributed by atoms with van der Waals surface area (Å²) in [6.07, 6.45) is 2.61. The van der Waals surface area contributed by atoms with Crippen molar-refractivity contribution in [2.24, 2.45) is 0 Å². The zero-order valence-corrected chi connectivity index (χ0v) is 21.8. The number of nitrogens with zero attached hydrogens (tertiary/aromatic N) is 4. The zero-order valence-electron chi connectivity index (χ0n) is 21.0. The number of ether oxygens (including phenoxy) is 1. The second-order valence-corrected chi connectivity index (χ2v) is 12.2. The van der Waals surface area contributed by atoms with Crippen molar-refractivity contribution in [3.8, 4) is 0 Å². The summed E-state index contributed by atoms with van der Waals surface area (Å²) in [5, 5.41) is 0. The van der Waals surface area contributed by atoms with E-state index in [2.05, 4.69) is 16.8 Å². The van der Waals surface area contributed by atoms with Crippen LogP contribution in [0.3, 0.4) is 0 Å². The highest BCUT2D eigenvalue weighted by Crippen LogP contribution is 2.27. The summed E-state index contributed by atoms with van der Waals surface area (Å²) in [5.41, 5.74) is -0.643. The van der Waals surface area contributed by atoms with Crippen molar-refractivity contribution in [1.29, 1.82) is 0 Å². The lowest BCUT2D eigenvalue weighted by atomic mass is 10.0. The van der Waals surface area contributed by atoms with Crippen molar-refractivity contribution in [3.63, 3.8) is 0 Å². The van der Waals surface area contributed by atoms with Gasteiger partial charge in [0.2, 0.25) is 5.91 Å². The molecule has 34 heavy (non-hydrogen) atoms. The molecule has 9 nitrogen and oxygen atoms in total. The Kier molecular flexibility index (Phi) is 8.26. The molecule has 3 rings (SSSR count). The largest absolute Gasteiger partial charge is 0.443 e. The number of likely N-dealkylation sites (tertiary alicyclic amines) is 1. The molecule has 0 spiro atoms. The number of piperidine rings is 1. The number of benzene rings is 1. The topological polar surface area (TPSA) is 90.5 Å². The quantitative estimate of drug-likeness (QED) is 0.619. The van der Waals surface area contributed by atoms with Gasteiger partial charge in [-0.2, -0.15) is 0 Å². The molecule has 2 fully saturated rings. The maximum absolute atomic E-state index is 13.2. The third-order valence-electron chi connectivity index (χ3n) is 6.33. The molecule has 2 heterocycles. The fourth-order valence-electron chi connectivity index (χ4n) is 4.49. The van der Waals surface area contributed by atoms with Crippen LogP contribution in [-0.2, 0) is 19.4 Å². The van der Waals surface area contributed by atoms with Crippen LogP contribution in [-0.4, -0.2) is 106 Å². The van der Waals surface area contributed by atoms with Gasteiger partial charge in [-0.15, -0.1) is 0 Å². The minimum atomic E-state index is -3.62. The molecule has 190 valence electrons. The van der Waals surface area contributed by atoms with Gasteiger partial charge in [0, 0.05) is 38.5 Å². The molecule has 0 saturated carbocycles. The van der Waals surface area contributed by atoms with Gasteiger partial charge in [0.15, 0.2) is 9.84 Å². The van der Waals surface area contributed by atoms with Crippen LogP contribution in [0.15, 0.2) is 29.2 Å².